The molecule has 0 bridgehead atoms. The number of carbonyl (C=O) groups excluding carboxylic acids is 6. The summed E-state index contributed by atoms with van der Waals surface area (Å²) in [5.41, 5.74) is -0.803. The number of hydrogen-bond donors (Lipinski definition) is 3. The van der Waals surface area contributed by atoms with Crippen LogP contribution in [0.4, 0.5) is 9.18 Å². The molecule has 254 valence electrons. The van der Waals surface area contributed by atoms with E-state index in [-0.39, 0.29) is 45.3 Å². The molecule has 1 aromatic rings. The van der Waals surface area contributed by atoms with Crippen molar-refractivity contribution < 1.29 is 51.0 Å². The van der Waals surface area contributed by atoms with Gasteiger partial charge < -0.3 is 25.0 Å². The van der Waals surface area contributed by atoms with Crippen LogP contribution in [-0.4, -0.2) is 96.0 Å². The summed E-state index contributed by atoms with van der Waals surface area (Å²) in [6, 6.07) is 3.21. The van der Waals surface area contributed by atoms with Crippen molar-refractivity contribution >= 4 is 45.7 Å². The zero-order valence-corrected chi connectivity index (χ0v) is 26.5. The summed E-state index contributed by atoms with van der Waals surface area (Å²) in [5.74, 6) is -4.26. The number of nitrogens with zero attached hydrogens (tertiary/aromatic N) is 2. The molecule has 2 saturated heterocycles. The van der Waals surface area contributed by atoms with Crippen LogP contribution in [0.25, 0.3) is 0 Å². The summed E-state index contributed by atoms with van der Waals surface area (Å²) in [5, 5.41) is 4.24. The second kappa shape index (κ2) is 13.3. The second-order valence-electron chi connectivity index (χ2n) is 12.3. The highest BCUT2D eigenvalue weighted by Crippen LogP contribution is 2.30. The minimum absolute atomic E-state index is 0.0311. The van der Waals surface area contributed by atoms with Crippen LogP contribution in [0.15, 0.2) is 30.9 Å². The van der Waals surface area contributed by atoms with Crippen LogP contribution in [0.2, 0.25) is 0 Å². The molecule has 3 aliphatic heterocycles. The van der Waals surface area contributed by atoms with Crippen molar-refractivity contribution in [1.82, 2.24) is 25.2 Å². The standard InChI is InChI=1S/C30H36FN5O10S/c1-3-11-30(2,28(41)34-47(43,44)19-7-8-19)33-26(39)22-12-18(45-29(42)35-14-17-5-4-6-21(31)20(17)16-35)15-36(22)24(37)13-32-27(40)23-9-10-25(38)46-23/h3-6,18-19,22-23H,1,7-16H2,2H3,(H,32,40)(H,33,39)(H,34,41)/t18?,22-,23-,30-/m0/s1. The van der Waals surface area contributed by atoms with Gasteiger partial charge in [0.05, 0.1) is 24.9 Å². The van der Waals surface area contributed by atoms with Crippen LogP contribution < -0.4 is 15.4 Å². The maximum absolute atomic E-state index is 14.3. The molecule has 1 unspecified atom stereocenters. The average molecular weight is 678 g/mol. The van der Waals surface area contributed by atoms with E-state index >= 15 is 0 Å². The van der Waals surface area contributed by atoms with Gasteiger partial charge in [-0.2, -0.15) is 0 Å². The van der Waals surface area contributed by atoms with Gasteiger partial charge in [-0.3, -0.25) is 33.6 Å². The highest BCUT2D eigenvalue weighted by Gasteiger charge is 2.47. The van der Waals surface area contributed by atoms with Crippen LogP contribution in [0.3, 0.4) is 0 Å². The molecule has 0 spiro atoms. The summed E-state index contributed by atoms with van der Waals surface area (Å²) in [4.78, 5) is 79.5. The Balaban J connectivity index is 1.29. The van der Waals surface area contributed by atoms with Gasteiger partial charge in [-0.25, -0.2) is 17.6 Å². The fraction of sp³-hybridized carbons (Fsp3) is 0.533. The highest BCUT2D eigenvalue weighted by molar-refractivity contribution is 7.90. The Morgan fingerprint density at radius 3 is 2.53 bits per heavy atom. The molecule has 47 heavy (non-hydrogen) atoms. The topological polar surface area (TPSA) is 198 Å². The Morgan fingerprint density at radius 1 is 1.15 bits per heavy atom. The van der Waals surface area contributed by atoms with Crippen molar-refractivity contribution in [3.63, 3.8) is 0 Å². The fourth-order valence-corrected chi connectivity index (χ4v) is 7.18. The lowest BCUT2D eigenvalue weighted by molar-refractivity contribution is -0.148. The van der Waals surface area contributed by atoms with E-state index in [9.17, 15) is 41.6 Å². The number of sulfonamides is 1. The Morgan fingerprint density at radius 2 is 1.89 bits per heavy atom. The fourth-order valence-electron chi connectivity index (χ4n) is 5.77. The molecule has 0 aromatic heterocycles. The summed E-state index contributed by atoms with van der Waals surface area (Å²) < 4.78 is 51.8. The van der Waals surface area contributed by atoms with Gasteiger partial charge in [0.15, 0.2) is 6.10 Å². The smallest absolute Gasteiger partial charge is 0.410 e. The minimum Gasteiger partial charge on any atom is -0.452 e. The zero-order valence-electron chi connectivity index (χ0n) is 25.7. The third-order valence-corrected chi connectivity index (χ3v) is 10.4. The molecule has 4 aliphatic rings. The van der Waals surface area contributed by atoms with Gasteiger partial charge in [-0.05, 0) is 37.8 Å². The molecule has 1 aliphatic carbocycles. The number of carbonyl (C=O) groups is 6. The number of esters is 1. The number of rotatable bonds is 11. The van der Waals surface area contributed by atoms with E-state index in [1.807, 2.05) is 4.72 Å². The predicted octanol–water partition coefficient (Wildman–Crippen LogP) is 0.129. The van der Waals surface area contributed by atoms with Gasteiger partial charge in [-0.1, -0.05) is 18.2 Å². The number of fused-ring (bicyclic) bond motifs is 1. The van der Waals surface area contributed by atoms with Crippen molar-refractivity contribution in [1.29, 1.82) is 0 Å². The predicted molar refractivity (Wildman–Crippen MR) is 160 cm³/mol. The van der Waals surface area contributed by atoms with E-state index in [0.29, 0.717) is 24.0 Å². The largest absolute Gasteiger partial charge is 0.452 e. The molecule has 5 amide bonds. The Kier molecular flexibility index (Phi) is 9.56. The molecule has 4 atom stereocenters. The lowest BCUT2D eigenvalue weighted by Crippen LogP contribution is -2.61. The van der Waals surface area contributed by atoms with E-state index in [4.69, 9.17) is 9.47 Å². The quantitative estimate of drug-likeness (QED) is 0.214. The Hall–Kier alpha value is -4.54. The molecule has 1 saturated carbocycles. The van der Waals surface area contributed by atoms with E-state index in [1.54, 1.807) is 6.07 Å². The molecule has 3 fully saturated rings. The van der Waals surface area contributed by atoms with Gasteiger partial charge in [0.2, 0.25) is 21.8 Å². The van der Waals surface area contributed by atoms with Crippen molar-refractivity contribution in [2.45, 2.75) is 87.6 Å². The molecule has 15 nitrogen and oxygen atoms in total. The normalized spacial score (nSPS) is 23.3. The summed E-state index contributed by atoms with van der Waals surface area (Å²) in [7, 11) is -3.95. The number of benzene rings is 1. The molecular weight excluding hydrogens is 641 g/mol. The first-order valence-electron chi connectivity index (χ1n) is 15.2. The molecule has 17 heteroatoms. The monoisotopic (exact) mass is 677 g/mol. The maximum atomic E-state index is 14.3. The maximum Gasteiger partial charge on any atom is 0.410 e. The first kappa shape index (κ1) is 33.8. The molecule has 3 N–H and O–H groups in total. The second-order valence-corrected chi connectivity index (χ2v) is 14.2. The summed E-state index contributed by atoms with van der Waals surface area (Å²) in [6.07, 6.45) is -0.861. The molecule has 1 aromatic carbocycles. The SMILES string of the molecule is C=CC[C@](C)(NC(=O)[C@@H]1CC(OC(=O)N2Cc3cccc(F)c3C2)CN1C(=O)CNC(=O)[C@@H]1CCC(=O)O1)C(=O)NS(=O)(=O)C1CC1. The number of halogens is 1. The summed E-state index contributed by atoms with van der Waals surface area (Å²) in [6.45, 7) is 4.14. The summed E-state index contributed by atoms with van der Waals surface area (Å²) >= 11 is 0. The number of amides is 5. The van der Waals surface area contributed by atoms with Crippen molar-refractivity contribution in [2.24, 2.45) is 0 Å². The lowest BCUT2D eigenvalue weighted by Gasteiger charge is -2.31. The molecular formula is C30H36FN5O10S. The Bertz CT molecular complexity index is 1620. The molecule has 3 heterocycles. The van der Waals surface area contributed by atoms with E-state index in [1.165, 1.54) is 30.0 Å². The van der Waals surface area contributed by atoms with Gasteiger partial charge in [0.25, 0.3) is 11.8 Å². The van der Waals surface area contributed by atoms with E-state index < -0.39 is 87.1 Å². The Labute approximate surface area is 270 Å². The van der Waals surface area contributed by atoms with Crippen LogP contribution in [0.1, 0.15) is 56.6 Å². The van der Waals surface area contributed by atoms with Crippen molar-refractivity contribution in [2.75, 3.05) is 13.1 Å². The number of cyclic esters (lactones) is 1. The number of nitrogens with one attached hydrogen (secondary N) is 3. The first-order valence-corrected chi connectivity index (χ1v) is 16.7. The highest BCUT2D eigenvalue weighted by atomic mass is 32.2. The first-order chi connectivity index (χ1) is 22.2. The van der Waals surface area contributed by atoms with Crippen LogP contribution in [0.5, 0.6) is 0 Å². The third kappa shape index (κ3) is 7.55. The average Bonchev–Trinajstić information content (AvgIpc) is 3.43. The zero-order chi connectivity index (χ0) is 34.1. The third-order valence-electron chi connectivity index (χ3n) is 8.58. The van der Waals surface area contributed by atoms with Gasteiger partial charge >= 0.3 is 12.1 Å². The minimum atomic E-state index is -3.95. The van der Waals surface area contributed by atoms with Gasteiger partial charge in [-0.15, -0.1) is 6.58 Å². The van der Waals surface area contributed by atoms with Crippen LogP contribution >= 0.6 is 0 Å². The molecule has 5 rings (SSSR count). The van der Waals surface area contributed by atoms with Crippen molar-refractivity contribution in [3.05, 3.63) is 47.8 Å². The van der Waals surface area contributed by atoms with E-state index in [2.05, 4.69) is 17.2 Å². The van der Waals surface area contributed by atoms with Crippen LogP contribution in [-0.2, 0) is 56.6 Å². The van der Waals surface area contributed by atoms with Crippen molar-refractivity contribution in [3.8, 4) is 0 Å². The lowest BCUT2D eigenvalue weighted by atomic mass is 9.96. The molecule has 0 radical (unpaired) electrons. The number of hydrogen-bond acceptors (Lipinski definition) is 10. The van der Waals surface area contributed by atoms with Crippen LogP contribution in [0, 0.1) is 5.82 Å². The number of ether oxygens (including phenoxy) is 2. The van der Waals surface area contributed by atoms with Gasteiger partial charge in [0.1, 0.15) is 23.5 Å². The van der Waals surface area contributed by atoms with E-state index in [0.717, 1.165) is 4.90 Å². The number of likely N-dealkylation sites (tertiary alicyclic amines) is 1. The van der Waals surface area contributed by atoms with Gasteiger partial charge in [0, 0.05) is 31.4 Å².